The monoisotopic (exact) mass is 191 g/mol. The topological polar surface area (TPSA) is 41.5 Å². The second-order valence-corrected chi connectivity index (χ2v) is 5.25. The molecule has 0 bridgehead atoms. The van der Waals surface area contributed by atoms with Crippen molar-refractivity contribution in [2.75, 3.05) is 26.5 Å². The highest BCUT2D eigenvalue weighted by molar-refractivity contribution is 7.51. The Labute approximate surface area is 75.3 Å². The van der Waals surface area contributed by atoms with Gasteiger partial charge in [0.05, 0.1) is 6.10 Å². The fourth-order valence-electron chi connectivity index (χ4n) is 1.51. The van der Waals surface area contributed by atoms with Gasteiger partial charge >= 0.3 is 0 Å². The van der Waals surface area contributed by atoms with Crippen molar-refractivity contribution in [3.63, 3.8) is 0 Å². The van der Waals surface area contributed by atoms with Crippen molar-refractivity contribution in [3.05, 3.63) is 0 Å². The molecule has 12 heavy (non-hydrogen) atoms. The summed E-state index contributed by atoms with van der Waals surface area (Å²) in [5.74, 6) is 0. The third kappa shape index (κ3) is 2.98. The number of aliphatic hydroxyl groups is 1. The van der Waals surface area contributed by atoms with E-state index in [0.29, 0.717) is 6.04 Å². The molecular formula is C8H18NO2P. The van der Waals surface area contributed by atoms with Gasteiger partial charge in [-0.05, 0) is 26.1 Å². The van der Waals surface area contributed by atoms with Gasteiger partial charge in [0.25, 0.3) is 0 Å². The summed E-state index contributed by atoms with van der Waals surface area (Å²) in [7, 11) is 1.28. The minimum absolute atomic E-state index is 0.219. The van der Waals surface area contributed by atoms with Gasteiger partial charge in [0.2, 0.25) is 0 Å². The lowest BCUT2D eigenvalue weighted by Crippen LogP contribution is -2.36. The molecule has 0 saturated carbocycles. The second kappa shape index (κ2) is 5.13. The van der Waals surface area contributed by atoms with Crippen LogP contribution in [0.1, 0.15) is 12.8 Å². The zero-order chi connectivity index (χ0) is 8.97. The van der Waals surface area contributed by atoms with E-state index in [1.54, 1.807) is 7.11 Å². The van der Waals surface area contributed by atoms with E-state index < -0.39 is 8.15 Å². The summed E-state index contributed by atoms with van der Waals surface area (Å²) in [5, 5.41) is 13.0. The number of rotatable bonds is 4. The van der Waals surface area contributed by atoms with Crippen LogP contribution in [0, 0.1) is 0 Å². The molecule has 1 aliphatic heterocycles. The van der Waals surface area contributed by atoms with Crippen LogP contribution >= 0.6 is 8.15 Å². The van der Waals surface area contributed by atoms with Gasteiger partial charge in [0.15, 0.2) is 0 Å². The van der Waals surface area contributed by atoms with Gasteiger partial charge in [-0.25, -0.2) is 0 Å². The first-order valence-corrected chi connectivity index (χ1v) is 6.30. The summed E-state index contributed by atoms with van der Waals surface area (Å²) in [6, 6.07) is 0.310. The van der Waals surface area contributed by atoms with Gasteiger partial charge in [-0.3, -0.25) is 0 Å². The van der Waals surface area contributed by atoms with Crippen LogP contribution in [0.4, 0.5) is 0 Å². The Morgan fingerprint density at radius 3 is 3.00 bits per heavy atom. The SMILES string of the molecule is COP(C)CC(O)C1CCCN1. The summed E-state index contributed by atoms with van der Waals surface area (Å²) < 4.78 is 5.16. The number of hydrogen-bond donors (Lipinski definition) is 2. The number of nitrogens with one attached hydrogen (secondary N) is 1. The Hall–Kier alpha value is 0.310. The van der Waals surface area contributed by atoms with Crippen molar-refractivity contribution < 1.29 is 9.63 Å². The van der Waals surface area contributed by atoms with E-state index in [0.717, 1.165) is 19.1 Å². The maximum absolute atomic E-state index is 9.72. The molecule has 0 radical (unpaired) electrons. The molecule has 72 valence electrons. The lowest BCUT2D eigenvalue weighted by molar-refractivity contribution is 0.156. The third-order valence-corrected chi connectivity index (χ3v) is 3.83. The molecule has 4 heteroatoms. The fraction of sp³-hybridized carbons (Fsp3) is 1.00. The van der Waals surface area contributed by atoms with Crippen molar-refractivity contribution in [1.29, 1.82) is 0 Å². The van der Waals surface area contributed by atoms with Gasteiger partial charge in [0.1, 0.15) is 0 Å². The van der Waals surface area contributed by atoms with Crippen LogP contribution in [0.25, 0.3) is 0 Å². The van der Waals surface area contributed by atoms with Crippen molar-refractivity contribution >= 4 is 8.15 Å². The fourth-order valence-corrected chi connectivity index (χ4v) is 2.44. The molecule has 3 unspecified atom stereocenters. The van der Waals surface area contributed by atoms with Crippen LogP contribution in [-0.4, -0.2) is 43.7 Å². The Bertz CT molecular complexity index is 128. The van der Waals surface area contributed by atoms with Crippen molar-refractivity contribution in [2.45, 2.75) is 25.0 Å². The van der Waals surface area contributed by atoms with Crippen LogP contribution < -0.4 is 5.32 Å². The second-order valence-electron chi connectivity index (χ2n) is 3.26. The minimum Gasteiger partial charge on any atom is -0.391 e. The molecule has 1 rings (SSSR count). The molecule has 3 atom stereocenters. The van der Waals surface area contributed by atoms with Crippen LogP contribution in [-0.2, 0) is 4.52 Å². The van der Waals surface area contributed by atoms with E-state index in [1.165, 1.54) is 6.42 Å². The molecule has 0 aromatic heterocycles. The van der Waals surface area contributed by atoms with E-state index >= 15 is 0 Å². The average Bonchev–Trinajstić information content (AvgIpc) is 2.56. The first-order valence-electron chi connectivity index (χ1n) is 4.40. The highest BCUT2D eigenvalue weighted by Crippen LogP contribution is 2.32. The molecule has 0 aromatic carbocycles. The molecule has 0 spiro atoms. The van der Waals surface area contributed by atoms with Crippen LogP contribution in [0.3, 0.4) is 0 Å². The van der Waals surface area contributed by atoms with E-state index in [1.807, 2.05) is 6.66 Å². The molecule has 0 aromatic rings. The zero-order valence-corrected chi connectivity index (χ0v) is 8.68. The Kier molecular flexibility index (Phi) is 4.44. The van der Waals surface area contributed by atoms with Crippen LogP contribution in [0.15, 0.2) is 0 Å². The molecule has 2 N–H and O–H groups in total. The zero-order valence-electron chi connectivity index (χ0n) is 7.79. The summed E-state index contributed by atoms with van der Waals surface area (Å²) in [6.07, 6.45) is 2.87. The normalized spacial score (nSPS) is 28.8. The van der Waals surface area contributed by atoms with Gasteiger partial charge in [0, 0.05) is 27.5 Å². The largest absolute Gasteiger partial charge is 0.391 e. The molecule has 1 saturated heterocycles. The lowest BCUT2D eigenvalue weighted by Gasteiger charge is -2.20. The van der Waals surface area contributed by atoms with E-state index in [4.69, 9.17) is 4.52 Å². The van der Waals surface area contributed by atoms with Gasteiger partial charge in [-0.15, -0.1) is 0 Å². The van der Waals surface area contributed by atoms with Crippen molar-refractivity contribution in [3.8, 4) is 0 Å². The molecule has 1 heterocycles. The van der Waals surface area contributed by atoms with E-state index in [9.17, 15) is 5.11 Å². The van der Waals surface area contributed by atoms with Gasteiger partial charge in [-0.2, -0.15) is 0 Å². The van der Waals surface area contributed by atoms with Crippen molar-refractivity contribution in [1.82, 2.24) is 5.32 Å². The Morgan fingerprint density at radius 2 is 2.50 bits per heavy atom. The molecule has 1 fully saturated rings. The summed E-state index contributed by atoms with van der Waals surface area (Å²) >= 11 is 0. The highest BCUT2D eigenvalue weighted by Gasteiger charge is 2.23. The lowest BCUT2D eigenvalue weighted by atomic mass is 10.1. The Balaban J connectivity index is 2.21. The number of aliphatic hydroxyl groups excluding tert-OH is 1. The quantitative estimate of drug-likeness (QED) is 0.645. The maximum atomic E-state index is 9.72. The van der Waals surface area contributed by atoms with Gasteiger partial charge in [-0.1, -0.05) is 0 Å². The third-order valence-electron chi connectivity index (χ3n) is 2.32. The first kappa shape index (κ1) is 10.4. The Morgan fingerprint density at radius 1 is 1.75 bits per heavy atom. The van der Waals surface area contributed by atoms with Crippen LogP contribution in [0.2, 0.25) is 0 Å². The first-order chi connectivity index (χ1) is 5.74. The predicted octanol–water partition coefficient (Wildman–Crippen LogP) is 0.772. The molecule has 0 aliphatic carbocycles. The average molecular weight is 191 g/mol. The molecule has 0 amide bonds. The maximum Gasteiger partial charge on any atom is 0.0753 e. The van der Waals surface area contributed by atoms with Gasteiger partial charge < -0.3 is 14.9 Å². The summed E-state index contributed by atoms with van der Waals surface area (Å²) in [6.45, 7) is 3.10. The molecule has 3 nitrogen and oxygen atoms in total. The molecular weight excluding hydrogens is 173 g/mol. The van der Waals surface area contributed by atoms with Crippen LogP contribution in [0.5, 0.6) is 0 Å². The van der Waals surface area contributed by atoms with E-state index in [-0.39, 0.29) is 6.10 Å². The number of hydrogen-bond acceptors (Lipinski definition) is 3. The van der Waals surface area contributed by atoms with Crippen molar-refractivity contribution in [2.24, 2.45) is 0 Å². The summed E-state index contributed by atoms with van der Waals surface area (Å²) in [5.41, 5.74) is 0. The highest BCUT2D eigenvalue weighted by atomic mass is 31.1. The smallest absolute Gasteiger partial charge is 0.0753 e. The predicted molar refractivity (Wildman–Crippen MR) is 51.8 cm³/mol. The van der Waals surface area contributed by atoms with E-state index in [2.05, 4.69) is 5.32 Å². The molecule has 1 aliphatic rings. The minimum atomic E-state index is -0.424. The summed E-state index contributed by atoms with van der Waals surface area (Å²) in [4.78, 5) is 0. The standard InChI is InChI=1S/C8H18NO2P/c1-11-12(2)6-8(10)7-4-3-5-9-7/h7-10H,3-6H2,1-2H3.